The lowest BCUT2D eigenvalue weighted by Gasteiger charge is -2.17. The molecule has 3 aromatic rings. The van der Waals surface area contributed by atoms with E-state index in [4.69, 9.17) is 4.74 Å². The van der Waals surface area contributed by atoms with E-state index in [0.29, 0.717) is 5.75 Å². The van der Waals surface area contributed by atoms with Gasteiger partial charge in [-0.3, -0.25) is 0 Å². The first kappa shape index (κ1) is 13.7. The first-order valence-corrected chi connectivity index (χ1v) is 7.37. The summed E-state index contributed by atoms with van der Waals surface area (Å²) in [5.41, 5.74) is 2.87. The summed E-state index contributed by atoms with van der Waals surface area (Å²) in [7, 11) is 1.54. The van der Waals surface area contributed by atoms with Crippen LogP contribution in [-0.4, -0.2) is 22.4 Å². The van der Waals surface area contributed by atoms with Crippen molar-refractivity contribution >= 4 is 10.8 Å². The van der Waals surface area contributed by atoms with Gasteiger partial charge < -0.3 is 20.1 Å². The Balaban J connectivity index is 2.02. The molecule has 0 atom stereocenters. The third kappa shape index (κ3) is 1.97. The summed E-state index contributed by atoms with van der Waals surface area (Å²) in [6.07, 6.45) is 2.71. The van der Waals surface area contributed by atoms with E-state index in [1.165, 1.54) is 7.11 Å². The number of aryl methyl sites for hydroxylation is 2. The number of phenolic OH excluding ortho intramolecular Hbond substituents is 3. The van der Waals surface area contributed by atoms with Gasteiger partial charge in [-0.05, 0) is 35.2 Å². The normalized spacial score (nSPS) is 12.7. The maximum atomic E-state index is 9.94. The van der Waals surface area contributed by atoms with E-state index >= 15 is 0 Å². The Kier molecular flexibility index (Phi) is 2.84. The summed E-state index contributed by atoms with van der Waals surface area (Å²) in [5, 5.41) is 31.2. The van der Waals surface area contributed by atoms with Crippen molar-refractivity contribution in [2.24, 2.45) is 0 Å². The Morgan fingerprint density at radius 3 is 2.57 bits per heavy atom. The maximum absolute atomic E-state index is 9.94. The van der Waals surface area contributed by atoms with E-state index in [-0.39, 0.29) is 17.2 Å². The lowest BCUT2D eigenvalue weighted by molar-refractivity contribution is -0.686. The second-order valence-corrected chi connectivity index (χ2v) is 5.72. The molecule has 1 aliphatic heterocycles. The number of aromatic nitrogens is 1. The van der Waals surface area contributed by atoms with Crippen LogP contribution in [0.25, 0.3) is 22.0 Å². The number of aromatic hydroxyl groups is 3. The van der Waals surface area contributed by atoms with Crippen LogP contribution in [0.3, 0.4) is 0 Å². The minimum absolute atomic E-state index is 0.0930. The summed E-state index contributed by atoms with van der Waals surface area (Å²) in [6.45, 7) is 0.751. The van der Waals surface area contributed by atoms with Gasteiger partial charge in [0.15, 0.2) is 35.7 Å². The molecule has 1 aromatic heterocycles. The van der Waals surface area contributed by atoms with Crippen molar-refractivity contribution in [3.8, 4) is 34.3 Å². The maximum Gasteiger partial charge on any atom is 0.213 e. The number of fused-ring (bicyclic) bond motifs is 4. The van der Waals surface area contributed by atoms with Crippen molar-refractivity contribution in [2.75, 3.05) is 7.11 Å². The first-order chi connectivity index (χ1) is 11.1. The van der Waals surface area contributed by atoms with Crippen molar-refractivity contribution in [1.82, 2.24) is 0 Å². The predicted octanol–water partition coefficient (Wildman–Crippen LogP) is 2.48. The lowest BCUT2D eigenvalue weighted by atomic mass is 9.95. The average molecular weight is 310 g/mol. The Morgan fingerprint density at radius 1 is 1.00 bits per heavy atom. The Morgan fingerprint density at radius 2 is 1.78 bits per heavy atom. The molecule has 5 nitrogen and oxygen atoms in total. The standard InChI is InChI=1S/C18H15NO4/c1-23-18-13-9-19-5-4-11-7-16(21)17(22)8-12(11)14(19)6-10(13)2-3-15(18)20/h2-3,6-9,20,22H,4-5H2,1H3/p+1. The van der Waals surface area contributed by atoms with E-state index in [1.54, 1.807) is 18.2 Å². The number of nitrogens with zero attached hydrogens (tertiary/aromatic N) is 1. The fraction of sp³-hybridized carbons (Fsp3) is 0.167. The molecule has 116 valence electrons. The van der Waals surface area contributed by atoms with Gasteiger partial charge in [0.1, 0.15) is 0 Å². The zero-order valence-corrected chi connectivity index (χ0v) is 12.6. The molecule has 0 spiro atoms. The highest BCUT2D eigenvalue weighted by molar-refractivity contribution is 5.91. The predicted molar refractivity (Wildman–Crippen MR) is 84.8 cm³/mol. The Bertz CT molecular complexity index is 950. The minimum Gasteiger partial charge on any atom is -0.504 e. The van der Waals surface area contributed by atoms with E-state index in [1.807, 2.05) is 18.3 Å². The molecule has 0 saturated heterocycles. The largest absolute Gasteiger partial charge is 0.504 e. The fourth-order valence-corrected chi connectivity index (χ4v) is 3.26. The van der Waals surface area contributed by atoms with Gasteiger partial charge in [0.25, 0.3) is 0 Å². The molecule has 0 fully saturated rings. The van der Waals surface area contributed by atoms with Crippen LogP contribution in [0.2, 0.25) is 0 Å². The van der Waals surface area contributed by atoms with Crippen molar-refractivity contribution in [2.45, 2.75) is 13.0 Å². The first-order valence-electron chi connectivity index (χ1n) is 7.37. The van der Waals surface area contributed by atoms with Crippen LogP contribution in [0, 0.1) is 0 Å². The molecule has 0 aliphatic carbocycles. The molecule has 2 aromatic carbocycles. The van der Waals surface area contributed by atoms with Gasteiger partial charge in [0, 0.05) is 12.5 Å². The van der Waals surface area contributed by atoms with Crippen LogP contribution < -0.4 is 9.30 Å². The summed E-state index contributed by atoms with van der Waals surface area (Å²) in [4.78, 5) is 0. The molecule has 0 bridgehead atoms. The average Bonchev–Trinajstić information content (AvgIpc) is 2.54. The number of pyridine rings is 1. The van der Waals surface area contributed by atoms with Crippen molar-refractivity contribution in [3.63, 3.8) is 0 Å². The molecular formula is C18H16NO4+. The second kappa shape index (κ2) is 4.78. The number of phenols is 3. The zero-order valence-electron chi connectivity index (χ0n) is 12.6. The lowest BCUT2D eigenvalue weighted by Crippen LogP contribution is -2.40. The van der Waals surface area contributed by atoms with Gasteiger partial charge in [0.05, 0.1) is 18.1 Å². The molecule has 3 N–H and O–H groups in total. The van der Waals surface area contributed by atoms with E-state index in [0.717, 1.165) is 40.6 Å². The van der Waals surface area contributed by atoms with Gasteiger partial charge in [0.2, 0.25) is 5.69 Å². The minimum atomic E-state index is -0.124. The summed E-state index contributed by atoms with van der Waals surface area (Å²) in [5.74, 6) is 0.349. The van der Waals surface area contributed by atoms with E-state index < -0.39 is 0 Å². The molecule has 5 heteroatoms. The molecule has 23 heavy (non-hydrogen) atoms. The highest BCUT2D eigenvalue weighted by atomic mass is 16.5. The van der Waals surface area contributed by atoms with Gasteiger partial charge in [-0.25, -0.2) is 0 Å². The highest BCUT2D eigenvalue weighted by Crippen LogP contribution is 2.38. The van der Waals surface area contributed by atoms with Crippen molar-refractivity contribution in [3.05, 3.63) is 42.1 Å². The van der Waals surface area contributed by atoms with Crippen LogP contribution >= 0.6 is 0 Å². The number of hydrogen-bond acceptors (Lipinski definition) is 4. The van der Waals surface area contributed by atoms with Crippen LogP contribution in [0.4, 0.5) is 0 Å². The molecule has 0 amide bonds. The van der Waals surface area contributed by atoms with Crippen LogP contribution in [0.5, 0.6) is 23.0 Å². The molecule has 2 heterocycles. The van der Waals surface area contributed by atoms with Crippen LogP contribution in [0.1, 0.15) is 5.56 Å². The molecule has 1 aliphatic rings. The topological polar surface area (TPSA) is 73.8 Å². The number of ether oxygens (including phenoxy) is 1. The molecule has 0 radical (unpaired) electrons. The monoisotopic (exact) mass is 310 g/mol. The fourth-order valence-electron chi connectivity index (χ4n) is 3.26. The number of methoxy groups -OCH3 is 1. The summed E-state index contributed by atoms with van der Waals surface area (Å²) >= 11 is 0. The smallest absolute Gasteiger partial charge is 0.213 e. The molecule has 0 saturated carbocycles. The summed E-state index contributed by atoms with van der Waals surface area (Å²) in [6, 6.07) is 8.67. The van der Waals surface area contributed by atoms with E-state index in [2.05, 4.69) is 4.57 Å². The number of rotatable bonds is 1. The molecule has 4 rings (SSSR count). The van der Waals surface area contributed by atoms with Gasteiger partial charge in [-0.1, -0.05) is 0 Å². The Hall–Kier alpha value is -2.95. The summed E-state index contributed by atoms with van der Waals surface area (Å²) < 4.78 is 7.39. The van der Waals surface area contributed by atoms with Crippen molar-refractivity contribution in [1.29, 1.82) is 0 Å². The van der Waals surface area contributed by atoms with Crippen LogP contribution in [-0.2, 0) is 13.0 Å². The Labute approximate surface area is 132 Å². The second-order valence-electron chi connectivity index (χ2n) is 5.72. The van der Waals surface area contributed by atoms with Gasteiger partial charge >= 0.3 is 0 Å². The number of hydrogen-bond donors (Lipinski definition) is 3. The van der Waals surface area contributed by atoms with Gasteiger partial charge in [-0.15, -0.1) is 0 Å². The quantitative estimate of drug-likeness (QED) is 0.477. The molecular weight excluding hydrogens is 294 g/mol. The van der Waals surface area contributed by atoms with Crippen LogP contribution in [0.15, 0.2) is 36.5 Å². The zero-order chi connectivity index (χ0) is 16.1. The van der Waals surface area contributed by atoms with E-state index in [9.17, 15) is 15.3 Å². The molecule has 0 unspecified atom stereocenters. The van der Waals surface area contributed by atoms with Crippen molar-refractivity contribution < 1.29 is 24.6 Å². The van der Waals surface area contributed by atoms with Gasteiger partial charge in [-0.2, -0.15) is 4.57 Å². The SMILES string of the molecule is COc1c(O)ccc2cc3[n+](cc12)CCc1cc(O)c(O)cc1-3. The third-order valence-corrected chi connectivity index (χ3v) is 4.40. The highest BCUT2D eigenvalue weighted by Gasteiger charge is 2.26. The third-order valence-electron chi connectivity index (χ3n) is 4.40. The number of benzene rings is 2.